The van der Waals surface area contributed by atoms with E-state index < -0.39 is 0 Å². The Labute approximate surface area is 116 Å². The first kappa shape index (κ1) is 13.9. The van der Waals surface area contributed by atoms with Gasteiger partial charge in [-0.25, -0.2) is 0 Å². The third kappa shape index (κ3) is 3.49. The van der Waals surface area contributed by atoms with Crippen molar-refractivity contribution in [2.45, 2.75) is 46.5 Å². The van der Waals surface area contributed by atoms with Crippen LogP contribution in [0.25, 0.3) is 0 Å². The van der Waals surface area contributed by atoms with E-state index in [0.29, 0.717) is 11.4 Å². The summed E-state index contributed by atoms with van der Waals surface area (Å²) >= 11 is 0. The molecule has 19 heavy (non-hydrogen) atoms. The Morgan fingerprint density at radius 3 is 2.37 bits per heavy atom. The molecule has 3 heteroatoms. The molecule has 0 unspecified atom stereocenters. The first-order chi connectivity index (χ1) is 9.03. The lowest BCUT2D eigenvalue weighted by Gasteiger charge is -2.40. The van der Waals surface area contributed by atoms with Crippen LogP contribution in [0.15, 0.2) is 23.2 Å². The second kappa shape index (κ2) is 5.64. The second-order valence-corrected chi connectivity index (χ2v) is 5.91. The Morgan fingerprint density at radius 2 is 1.89 bits per heavy atom. The quantitative estimate of drug-likeness (QED) is 0.641. The molecule has 1 fully saturated rings. The predicted octanol–water partition coefficient (Wildman–Crippen LogP) is 3.61. The summed E-state index contributed by atoms with van der Waals surface area (Å²) in [5.41, 5.74) is 9.91. The number of nitrogens with two attached hydrogens (primary N) is 1. The van der Waals surface area contributed by atoms with Crippen LogP contribution in [0.1, 0.15) is 43.7 Å². The number of nitrogens with zero attached hydrogens (tertiary/aromatic N) is 1. The standard InChI is InChI=1S/C16H25N3/c1-4-16(6-5-7-16)11-18-15(17)19-14-9-12(2)8-13(3)10-14/h8-10H,4-7,11H2,1-3H3,(H3,17,18,19). The number of nitrogens with one attached hydrogen (secondary N) is 1. The highest BCUT2D eigenvalue weighted by atomic mass is 15.1. The van der Waals surface area contributed by atoms with Gasteiger partial charge in [0.15, 0.2) is 5.96 Å². The summed E-state index contributed by atoms with van der Waals surface area (Å²) in [7, 11) is 0. The lowest BCUT2D eigenvalue weighted by molar-refractivity contribution is 0.139. The molecular formula is C16H25N3. The molecule has 3 nitrogen and oxygen atoms in total. The molecule has 0 saturated heterocycles. The maximum absolute atomic E-state index is 5.99. The van der Waals surface area contributed by atoms with E-state index in [-0.39, 0.29) is 0 Å². The van der Waals surface area contributed by atoms with Gasteiger partial charge in [-0.2, -0.15) is 0 Å². The van der Waals surface area contributed by atoms with Crippen molar-refractivity contribution < 1.29 is 0 Å². The van der Waals surface area contributed by atoms with Crippen LogP contribution in [-0.2, 0) is 0 Å². The Morgan fingerprint density at radius 1 is 1.26 bits per heavy atom. The van der Waals surface area contributed by atoms with Gasteiger partial charge in [0.05, 0.1) is 0 Å². The topological polar surface area (TPSA) is 50.4 Å². The number of benzene rings is 1. The maximum atomic E-state index is 5.99. The van der Waals surface area contributed by atoms with Gasteiger partial charge in [-0.05, 0) is 61.8 Å². The Balaban J connectivity index is 1.98. The van der Waals surface area contributed by atoms with Crippen LogP contribution in [-0.4, -0.2) is 12.5 Å². The summed E-state index contributed by atoms with van der Waals surface area (Å²) in [6, 6.07) is 6.33. The van der Waals surface area contributed by atoms with Crippen LogP contribution in [0.2, 0.25) is 0 Å². The molecule has 1 aliphatic carbocycles. The van der Waals surface area contributed by atoms with Gasteiger partial charge >= 0.3 is 0 Å². The van der Waals surface area contributed by atoms with Crippen LogP contribution >= 0.6 is 0 Å². The SMILES string of the molecule is CCC1(CN=C(N)Nc2cc(C)cc(C)c2)CCC1. The Bertz CT molecular complexity index is 447. The van der Waals surface area contributed by atoms with Crippen molar-refractivity contribution in [2.75, 3.05) is 11.9 Å². The van der Waals surface area contributed by atoms with Crippen molar-refractivity contribution in [1.82, 2.24) is 0 Å². The summed E-state index contributed by atoms with van der Waals surface area (Å²) in [5.74, 6) is 0.532. The van der Waals surface area contributed by atoms with E-state index >= 15 is 0 Å². The average molecular weight is 259 g/mol. The van der Waals surface area contributed by atoms with Crippen molar-refractivity contribution in [1.29, 1.82) is 0 Å². The molecule has 0 aliphatic heterocycles. The summed E-state index contributed by atoms with van der Waals surface area (Å²) in [4.78, 5) is 4.53. The molecule has 0 atom stereocenters. The zero-order valence-electron chi connectivity index (χ0n) is 12.3. The van der Waals surface area contributed by atoms with Gasteiger partial charge < -0.3 is 11.1 Å². The van der Waals surface area contributed by atoms with Crippen LogP contribution in [0.4, 0.5) is 5.69 Å². The smallest absolute Gasteiger partial charge is 0.193 e. The first-order valence-corrected chi connectivity index (χ1v) is 7.18. The van der Waals surface area contributed by atoms with Gasteiger partial charge in [0.25, 0.3) is 0 Å². The maximum Gasteiger partial charge on any atom is 0.193 e. The predicted molar refractivity (Wildman–Crippen MR) is 82.6 cm³/mol. The largest absolute Gasteiger partial charge is 0.370 e. The van der Waals surface area contributed by atoms with Gasteiger partial charge in [0, 0.05) is 12.2 Å². The van der Waals surface area contributed by atoms with E-state index in [4.69, 9.17) is 5.73 Å². The van der Waals surface area contributed by atoms with Crippen molar-refractivity contribution in [2.24, 2.45) is 16.1 Å². The summed E-state index contributed by atoms with van der Waals surface area (Å²) in [6.45, 7) is 7.28. The van der Waals surface area contributed by atoms with Crippen molar-refractivity contribution >= 4 is 11.6 Å². The summed E-state index contributed by atoms with van der Waals surface area (Å²) in [6.07, 6.45) is 5.13. The fourth-order valence-corrected chi connectivity index (χ4v) is 2.79. The third-order valence-corrected chi connectivity index (χ3v) is 4.24. The highest BCUT2D eigenvalue weighted by Gasteiger charge is 2.34. The molecular weight excluding hydrogens is 234 g/mol. The number of aliphatic imine (C=N–C) groups is 1. The monoisotopic (exact) mass is 259 g/mol. The minimum absolute atomic E-state index is 0.425. The molecule has 0 spiro atoms. The third-order valence-electron chi connectivity index (χ3n) is 4.24. The van der Waals surface area contributed by atoms with E-state index in [0.717, 1.165) is 12.2 Å². The van der Waals surface area contributed by atoms with Gasteiger partial charge in [0.2, 0.25) is 0 Å². The van der Waals surface area contributed by atoms with E-state index in [1.807, 2.05) is 0 Å². The normalized spacial score (nSPS) is 17.9. The number of guanidine groups is 1. The molecule has 0 aromatic heterocycles. The molecule has 1 aromatic carbocycles. The lowest BCUT2D eigenvalue weighted by atomic mass is 9.67. The number of anilines is 1. The van der Waals surface area contributed by atoms with E-state index in [1.165, 1.54) is 36.8 Å². The summed E-state index contributed by atoms with van der Waals surface area (Å²) < 4.78 is 0. The molecule has 0 amide bonds. The van der Waals surface area contributed by atoms with Gasteiger partial charge in [-0.15, -0.1) is 0 Å². The molecule has 2 rings (SSSR count). The van der Waals surface area contributed by atoms with Gasteiger partial charge in [-0.3, -0.25) is 4.99 Å². The van der Waals surface area contributed by atoms with Crippen molar-refractivity contribution in [3.8, 4) is 0 Å². The number of hydrogen-bond donors (Lipinski definition) is 2. The molecule has 1 saturated carbocycles. The Kier molecular flexibility index (Phi) is 4.13. The average Bonchev–Trinajstić information content (AvgIpc) is 2.26. The minimum atomic E-state index is 0.425. The molecule has 1 aliphatic rings. The zero-order chi connectivity index (χ0) is 13.9. The van der Waals surface area contributed by atoms with Crippen LogP contribution < -0.4 is 11.1 Å². The van der Waals surface area contributed by atoms with Crippen molar-refractivity contribution in [3.63, 3.8) is 0 Å². The van der Waals surface area contributed by atoms with Gasteiger partial charge in [-0.1, -0.05) is 19.4 Å². The molecule has 0 heterocycles. The molecule has 104 valence electrons. The first-order valence-electron chi connectivity index (χ1n) is 7.18. The van der Waals surface area contributed by atoms with Crippen LogP contribution in [0.5, 0.6) is 0 Å². The van der Waals surface area contributed by atoms with Gasteiger partial charge in [0.1, 0.15) is 0 Å². The van der Waals surface area contributed by atoms with Crippen molar-refractivity contribution in [3.05, 3.63) is 29.3 Å². The molecule has 0 bridgehead atoms. The zero-order valence-corrected chi connectivity index (χ0v) is 12.3. The minimum Gasteiger partial charge on any atom is -0.370 e. The molecule has 0 radical (unpaired) electrons. The van der Waals surface area contributed by atoms with Crippen LogP contribution in [0, 0.1) is 19.3 Å². The Hall–Kier alpha value is -1.51. The summed E-state index contributed by atoms with van der Waals surface area (Å²) in [5, 5.41) is 3.20. The number of hydrogen-bond acceptors (Lipinski definition) is 1. The number of rotatable bonds is 4. The fraction of sp³-hybridized carbons (Fsp3) is 0.562. The van der Waals surface area contributed by atoms with E-state index in [9.17, 15) is 0 Å². The lowest BCUT2D eigenvalue weighted by Crippen LogP contribution is -2.33. The highest BCUT2D eigenvalue weighted by molar-refractivity contribution is 5.92. The highest BCUT2D eigenvalue weighted by Crippen LogP contribution is 2.43. The fourth-order valence-electron chi connectivity index (χ4n) is 2.79. The number of aryl methyl sites for hydroxylation is 2. The van der Waals surface area contributed by atoms with Crippen LogP contribution in [0.3, 0.4) is 0 Å². The molecule has 1 aromatic rings. The molecule has 3 N–H and O–H groups in total. The second-order valence-electron chi connectivity index (χ2n) is 5.91. The van der Waals surface area contributed by atoms with E-state index in [1.54, 1.807) is 0 Å². The van der Waals surface area contributed by atoms with E-state index in [2.05, 4.69) is 49.3 Å².